The molecule has 0 fully saturated rings. The number of ether oxygens (including phenoxy) is 2. The number of Topliss-reactive ketones (excluding diaryl/α,β-unsaturated/α-hetero) is 1. The number of hydrogen-bond donors (Lipinski definition) is 1. The van der Waals surface area contributed by atoms with Crippen molar-refractivity contribution < 1.29 is 14.3 Å². The number of aliphatic imine (C=N–C) groups is 1. The van der Waals surface area contributed by atoms with E-state index < -0.39 is 0 Å². The Hall–Kier alpha value is -1.95. The fourth-order valence-corrected chi connectivity index (χ4v) is 3.00. The second-order valence-electron chi connectivity index (χ2n) is 4.87. The molecule has 0 saturated heterocycles. The van der Waals surface area contributed by atoms with Gasteiger partial charge in [-0.2, -0.15) is 0 Å². The summed E-state index contributed by atoms with van der Waals surface area (Å²) in [5.74, 6) is 1.45. The molecule has 1 aromatic rings. The number of ketones is 1. The van der Waals surface area contributed by atoms with E-state index in [2.05, 4.69) is 10.3 Å². The van der Waals surface area contributed by atoms with E-state index in [1.54, 1.807) is 6.92 Å². The van der Waals surface area contributed by atoms with Crippen molar-refractivity contribution in [1.29, 1.82) is 0 Å². The van der Waals surface area contributed by atoms with Gasteiger partial charge in [0, 0.05) is 11.3 Å². The lowest BCUT2D eigenvalue weighted by atomic mass is 9.94. The number of benzene rings is 1. The third-order valence-electron chi connectivity index (χ3n) is 3.50. The average molecular weight is 304 g/mol. The summed E-state index contributed by atoms with van der Waals surface area (Å²) in [6, 6.07) is 5.39. The minimum Gasteiger partial charge on any atom is -0.454 e. The summed E-state index contributed by atoms with van der Waals surface area (Å²) in [5.41, 5.74) is 2.47. The van der Waals surface area contributed by atoms with Crippen molar-refractivity contribution in [2.45, 2.75) is 19.9 Å². The predicted molar refractivity (Wildman–Crippen MR) is 82.8 cm³/mol. The van der Waals surface area contributed by atoms with Crippen LogP contribution < -0.4 is 14.8 Å². The van der Waals surface area contributed by atoms with Gasteiger partial charge in [0.25, 0.3) is 0 Å². The number of nitrogens with one attached hydrogen (secondary N) is 1. The molecular weight excluding hydrogens is 288 g/mol. The molecule has 0 spiro atoms. The predicted octanol–water partition coefficient (Wildman–Crippen LogP) is 2.64. The Bertz CT molecular complexity index is 667. The molecule has 2 aliphatic rings. The first-order valence-electron chi connectivity index (χ1n) is 6.60. The van der Waals surface area contributed by atoms with E-state index in [9.17, 15) is 4.79 Å². The van der Waals surface area contributed by atoms with Crippen molar-refractivity contribution in [2.24, 2.45) is 4.99 Å². The Labute approximate surface area is 127 Å². The normalized spacial score (nSPS) is 20.1. The maximum atomic E-state index is 12.0. The Balaban J connectivity index is 2.06. The maximum Gasteiger partial charge on any atom is 0.231 e. The maximum absolute atomic E-state index is 12.0. The number of fused-ring (bicyclic) bond motifs is 1. The summed E-state index contributed by atoms with van der Waals surface area (Å²) in [6.45, 7) is 3.71. The van der Waals surface area contributed by atoms with Crippen LogP contribution in [0.2, 0.25) is 0 Å². The third kappa shape index (κ3) is 2.51. The summed E-state index contributed by atoms with van der Waals surface area (Å²) < 4.78 is 10.7. The van der Waals surface area contributed by atoms with Crippen molar-refractivity contribution in [3.63, 3.8) is 0 Å². The molecule has 5 nitrogen and oxygen atoms in total. The van der Waals surface area contributed by atoms with Crippen LogP contribution in [0.25, 0.3) is 0 Å². The topological polar surface area (TPSA) is 59.9 Å². The van der Waals surface area contributed by atoms with Crippen LogP contribution in [0.4, 0.5) is 0 Å². The molecule has 1 aromatic carbocycles. The molecule has 3 rings (SSSR count). The number of thioether (sulfide) groups is 1. The van der Waals surface area contributed by atoms with Gasteiger partial charge < -0.3 is 14.8 Å². The van der Waals surface area contributed by atoms with Gasteiger partial charge in [-0.25, -0.2) is 4.99 Å². The number of amidine groups is 1. The number of nitrogens with zero attached hydrogens (tertiary/aromatic N) is 1. The molecule has 21 heavy (non-hydrogen) atoms. The highest BCUT2D eigenvalue weighted by molar-refractivity contribution is 8.13. The number of carbonyl (C=O) groups excluding carboxylic acids is 1. The molecule has 0 radical (unpaired) electrons. The Morgan fingerprint density at radius 1 is 1.38 bits per heavy atom. The number of carbonyl (C=O) groups is 1. The molecule has 0 aromatic heterocycles. The van der Waals surface area contributed by atoms with Crippen molar-refractivity contribution in [1.82, 2.24) is 5.32 Å². The molecule has 2 aliphatic heterocycles. The highest BCUT2D eigenvalue weighted by atomic mass is 32.2. The van der Waals surface area contributed by atoms with Crippen LogP contribution in [0.15, 0.2) is 34.5 Å². The SMILES string of the molecule is CSC1=N[C@H](c2ccc3c(c2)OCO3)C(C(C)=O)=C(C)N1. The standard InChI is InChI=1S/C15H16N2O3S/c1-8-13(9(2)18)14(17-15(16-8)21-3)10-4-5-11-12(6-10)20-7-19-11/h4-6,14H,7H2,1-3H3,(H,16,17)/t14-/m1/s1. The molecule has 0 bridgehead atoms. The summed E-state index contributed by atoms with van der Waals surface area (Å²) >= 11 is 1.52. The number of hydrogen-bond acceptors (Lipinski definition) is 6. The van der Waals surface area contributed by atoms with Gasteiger partial charge in [0.1, 0.15) is 6.04 Å². The van der Waals surface area contributed by atoms with Crippen molar-refractivity contribution in [3.05, 3.63) is 35.0 Å². The molecule has 6 heteroatoms. The lowest BCUT2D eigenvalue weighted by Crippen LogP contribution is -2.28. The molecule has 110 valence electrons. The zero-order chi connectivity index (χ0) is 15.0. The lowest BCUT2D eigenvalue weighted by Gasteiger charge is -2.25. The van der Waals surface area contributed by atoms with E-state index in [4.69, 9.17) is 9.47 Å². The smallest absolute Gasteiger partial charge is 0.231 e. The average Bonchev–Trinajstić information content (AvgIpc) is 2.93. The molecule has 0 amide bonds. The lowest BCUT2D eigenvalue weighted by molar-refractivity contribution is -0.113. The minimum atomic E-state index is -0.305. The number of allylic oxidation sites excluding steroid dienone is 1. The summed E-state index contributed by atoms with van der Waals surface area (Å²) in [4.78, 5) is 16.6. The highest BCUT2D eigenvalue weighted by Gasteiger charge is 2.28. The zero-order valence-corrected chi connectivity index (χ0v) is 12.9. The van der Waals surface area contributed by atoms with Gasteiger partial charge >= 0.3 is 0 Å². The van der Waals surface area contributed by atoms with Gasteiger partial charge in [0.05, 0.1) is 0 Å². The van der Waals surface area contributed by atoms with E-state index in [0.29, 0.717) is 11.3 Å². The van der Waals surface area contributed by atoms with Crippen LogP contribution in [-0.4, -0.2) is 24.0 Å². The number of rotatable bonds is 2. The molecule has 1 N–H and O–H groups in total. The second kappa shape index (κ2) is 5.44. The molecule has 0 saturated carbocycles. The highest BCUT2D eigenvalue weighted by Crippen LogP contribution is 2.38. The van der Waals surface area contributed by atoms with Gasteiger partial charge in [0.2, 0.25) is 6.79 Å². The Morgan fingerprint density at radius 2 is 2.14 bits per heavy atom. The van der Waals surface area contributed by atoms with E-state index in [0.717, 1.165) is 22.2 Å². The first-order valence-corrected chi connectivity index (χ1v) is 7.82. The van der Waals surface area contributed by atoms with Crippen LogP contribution >= 0.6 is 11.8 Å². The van der Waals surface area contributed by atoms with Crippen LogP contribution in [0, 0.1) is 0 Å². The van der Waals surface area contributed by atoms with Crippen molar-refractivity contribution >= 4 is 22.7 Å². The fourth-order valence-electron chi connectivity index (χ4n) is 2.53. The monoisotopic (exact) mass is 304 g/mol. The van der Waals surface area contributed by atoms with E-state index in [1.165, 1.54) is 11.8 Å². The molecule has 1 atom stereocenters. The van der Waals surface area contributed by atoms with Crippen LogP contribution in [0.5, 0.6) is 11.5 Å². The minimum absolute atomic E-state index is 0.0200. The molecule has 0 unspecified atom stereocenters. The van der Waals surface area contributed by atoms with Gasteiger partial charge in [-0.3, -0.25) is 4.79 Å². The van der Waals surface area contributed by atoms with Gasteiger partial charge in [-0.1, -0.05) is 17.8 Å². The van der Waals surface area contributed by atoms with Crippen molar-refractivity contribution in [2.75, 3.05) is 13.0 Å². The zero-order valence-electron chi connectivity index (χ0n) is 12.1. The van der Waals surface area contributed by atoms with Gasteiger partial charge in [0.15, 0.2) is 22.4 Å². The second-order valence-corrected chi connectivity index (χ2v) is 5.67. The molecule has 2 heterocycles. The Morgan fingerprint density at radius 3 is 2.86 bits per heavy atom. The van der Waals surface area contributed by atoms with Gasteiger partial charge in [-0.15, -0.1) is 0 Å². The quantitative estimate of drug-likeness (QED) is 0.910. The van der Waals surface area contributed by atoms with Crippen molar-refractivity contribution in [3.8, 4) is 11.5 Å². The van der Waals surface area contributed by atoms with E-state index in [-0.39, 0.29) is 18.6 Å². The largest absolute Gasteiger partial charge is 0.454 e. The summed E-state index contributed by atoms with van der Waals surface area (Å²) in [6.07, 6.45) is 1.95. The Kier molecular flexibility index (Phi) is 3.63. The fraction of sp³-hybridized carbons (Fsp3) is 0.333. The molecular formula is C15H16N2O3S. The summed E-state index contributed by atoms with van der Waals surface area (Å²) in [5, 5.41) is 3.97. The van der Waals surface area contributed by atoms with E-state index in [1.807, 2.05) is 31.4 Å². The van der Waals surface area contributed by atoms with Crippen LogP contribution in [0.1, 0.15) is 25.5 Å². The summed E-state index contributed by atoms with van der Waals surface area (Å²) in [7, 11) is 0. The van der Waals surface area contributed by atoms with Gasteiger partial charge in [-0.05, 0) is 37.8 Å². The third-order valence-corrected chi connectivity index (χ3v) is 4.10. The van der Waals surface area contributed by atoms with E-state index >= 15 is 0 Å². The first kappa shape index (κ1) is 14.0. The first-order chi connectivity index (χ1) is 10.1. The molecule has 0 aliphatic carbocycles. The van der Waals surface area contributed by atoms with Crippen LogP contribution in [0.3, 0.4) is 0 Å². The van der Waals surface area contributed by atoms with Crippen LogP contribution in [-0.2, 0) is 4.79 Å².